The van der Waals surface area contributed by atoms with Crippen molar-refractivity contribution in [2.45, 2.75) is 36.0 Å². The number of nitrogens with one attached hydrogen (secondary N) is 2. The predicted molar refractivity (Wildman–Crippen MR) is 122 cm³/mol. The van der Waals surface area contributed by atoms with Crippen LogP contribution >= 0.6 is 47.3 Å². The van der Waals surface area contributed by atoms with Crippen LogP contribution in [-0.4, -0.2) is 28.8 Å². The van der Waals surface area contributed by atoms with E-state index in [1.54, 1.807) is 12.3 Å². The molecule has 0 saturated heterocycles. The van der Waals surface area contributed by atoms with Gasteiger partial charge in [0.1, 0.15) is 5.15 Å². The van der Waals surface area contributed by atoms with Crippen LogP contribution in [0.5, 0.6) is 0 Å². The lowest BCUT2D eigenvalue weighted by Crippen LogP contribution is -2.41. The predicted octanol–water partition coefficient (Wildman–Crippen LogP) is 4.73. The molecule has 1 aromatic heterocycles. The van der Waals surface area contributed by atoms with Gasteiger partial charge in [-0.15, -0.1) is 35.7 Å². The molecular weight excluding hydrogens is 479 g/mol. The van der Waals surface area contributed by atoms with Crippen LogP contribution in [0.1, 0.15) is 25.3 Å². The van der Waals surface area contributed by atoms with Crippen LogP contribution in [0, 0.1) is 0 Å². The quantitative estimate of drug-likeness (QED) is 0.249. The van der Waals surface area contributed by atoms with Crippen molar-refractivity contribution in [3.05, 3.63) is 59.4 Å². The Morgan fingerprint density at radius 1 is 1.19 bits per heavy atom. The average Bonchev–Trinajstić information content (AvgIpc) is 3.39. The minimum atomic E-state index is 0. The molecule has 1 aliphatic carbocycles. The highest BCUT2D eigenvalue weighted by Crippen LogP contribution is 2.51. The van der Waals surface area contributed by atoms with Gasteiger partial charge < -0.3 is 10.6 Å². The third-order valence-electron chi connectivity index (χ3n) is 4.02. The summed E-state index contributed by atoms with van der Waals surface area (Å²) in [6.07, 6.45) is 4.24. The molecule has 3 rings (SSSR count). The number of thioether (sulfide) groups is 1. The lowest BCUT2D eigenvalue weighted by atomic mass is 10.3. The van der Waals surface area contributed by atoms with Gasteiger partial charge in [-0.2, -0.15) is 0 Å². The van der Waals surface area contributed by atoms with Gasteiger partial charge in [0.2, 0.25) is 0 Å². The number of aliphatic imine (C=N–C) groups is 1. The van der Waals surface area contributed by atoms with Crippen molar-refractivity contribution < 1.29 is 0 Å². The van der Waals surface area contributed by atoms with Crippen LogP contribution in [0.15, 0.2) is 58.5 Å². The Labute approximate surface area is 181 Å². The first-order chi connectivity index (χ1) is 12.2. The lowest BCUT2D eigenvalue weighted by molar-refractivity contribution is 0.769. The molecule has 4 nitrogen and oxygen atoms in total. The Hall–Kier alpha value is -0.990. The van der Waals surface area contributed by atoms with E-state index in [0.717, 1.165) is 24.6 Å². The number of pyridine rings is 1. The first-order valence-corrected chi connectivity index (χ1v) is 9.75. The number of hydrogen-bond acceptors (Lipinski definition) is 3. The Bertz CT molecular complexity index is 705. The molecule has 1 aromatic carbocycles. The second kappa shape index (κ2) is 10.4. The molecule has 0 atom stereocenters. The topological polar surface area (TPSA) is 49.3 Å². The van der Waals surface area contributed by atoms with Gasteiger partial charge in [0.15, 0.2) is 5.96 Å². The molecular formula is C19H24ClIN4S. The summed E-state index contributed by atoms with van der Waals surface area (Å²) in [6.45, 7) is 4.41. The molecule has 1 heterocycles. The number of hydrogen-bond donors (Lipinski definition) is 2. The van der Waals surface area contributed by atoms with E-state index in [9.17, 15) is 0 Å². The van der Waals surface area contributed by atoms with Crippen molar-refractivity contribution in [2.75, 3.05) is 13.1 Å². The first-order valence-electron chi connectivity index (χ1n) is 8.56. The van der Waals surface area contributed by atoms with Crippen molar-refractivity contribution in [1.82, 2.24) is 15.6 Å². The summed E-state index contributed by atoms with van der Waals surface area (Å²) in [5, 5.41) is 7.31. The van der Waals surface area contributed by atoms with Gasteiger partial charge in [-0.1, -0.05) is 35.9 Å². The van der Waals surface area contributed by atoms with Gasteiger partial charge in [-0.25, -0.2) is 9.98 Å². The lowest BCUT2D eigenvalue weighted by Gasteiger charge is -2.18. The third-order valence-corrected chi connectivity index (χ3v) is 5.73. The maximum atomic E-state index is 5.82. The fourth-order valence-corrected chi connectivity index (χ4v) is 3.81. The second-order valence-corrected chi connectivity index (χ2v) is 8.06. The van der Waals surface area contributed by atoms with Crippen LogP contribution in [0.4, 0.5) is 0 Å². The molecule has 0 unspecified atom stereocenters. The summed E-state index contributed by atoms with van der Waals surface area (Å²) in [7, 11) is 0. The van der Waals surface area contributed by atoms with Crippen molar-refractivity contribution >= 4 is 53.3 Å². The molecule has 0 amide bonds. The van der Waals surface area contributed by atoms with E-state index in [0.29, 0.717) is 16.4 Å². The zero-order chi connectivity index (χ0) is 17.5. The maximum absolute atomic E-state index is 5.82. The Kier molecular flexibility index (Phi) is 8.50. The summed E-state index contributed by atoms with van der Waals surface area (Å²) in [5.74, 6) is 0.845. The number of benzene rings is 1. The number of guanidine groups is 1. The van der Waals surface area contributed by atoms with E-state index in [2.05, 4.69) is 57.9 Å². The van der Waals surface area contributed by atoms with Crippen LogP contribution in [0.2, 0.25) is 5.15 Å². The molecule has 2 aromatic rings. The second-order valence-electron chi connectivity index (χ2n) is 6.14. The average molecular weight is 503 g/mol. The van der Waals surface area contributed by atoms with Crippen molar-refractivity contribution in [1.29, 1.82) is 0 Å². The highest BCUT2D eigenvalue weighted by atomic mass is 127. The number of aromatic nitrogens is 1. The first kappa shape index (κ1) is 21.3. The van der Waals surface area contributed by atoms with Gasteiger partial charge >= 0.3 is 0 Å². The fourth-order valence-electron chi connectivity index (χ4n) is 2.45. The SMILES string of the molecule is CCNC(=NCc1ccc(Cl)nc1)NCC1(Sc2ccccc2)CC1.I. The van der Waals surface area contributed by atoms with E-state index in [1.807, 2.05) is 17.8 Å². The smallest absolute Gasteiger partial charge is 0.191 e. The highest BCUT2D eigenvalue weighted by molar-refractivity contribution is 14.0. The Balaban J connectivity index is 0.00000243. The number of nitrogens with zero attached hydrogens (tertiary/aromatic N) is 2. The summed E-state index contributed by atoms with van der Waals surface area (Å²) in [4.78, 5) is 10.1. The van der Waals surface area contributed by atoms with Crippen molar-refractivity contribution in [3.63, 3.8) is 0 Å². The van der Waals surface area contributed by atoms with Crippen LogP contribution in [0.25, 0.3) is 0 Å². The van der Waals surface area contributed by atoms with Crippen molar-refractivity contribution in [2.24, 2.45) is 4.99 Å². The van der Waals surface area contributed by atoms with Gasteiger partial charge in [0, 0.05) is 28.9 Å². The van der Waals surface area contributed by atoms with Gasteiger partial charge in [0.25, 0.3) is 0 Å². The molecule has 1 saturated carbocycles. The van der Waals surface area contributed by atoms with Crippen molar-refractivity contribution in [3.8, 4) is 0 Å². The van der Waals surface area contributed by atoms with Crippen LogP contribution < -0.4 is 10.6 Å². The molecule has 0 spiro atoms. The number of rotatable bonds is 7. The van der Waals surface area contributed by atoms with E-state index in [4.69, 9.17) is 11.6 Å². The molecule has 26 heavy (non-hydrogen) atoms. The Morgan fingerprint density at radius 2 is 1.96 bits per heavy atom. The Morgan fingerprint density at radius 3 is 2.58 bits per heavy atom. The van der Waals surface area contributed by atoms with E-state index < -0.39 is 0 Å². The highest BCUT2D eigenvalue weighted by Gasteiger charge is 2.43. The molecule has 1 aliphatic rings. The number of halogens is 2. The summed E-state index contributed by atoms with van der Waals surface area (Å²) < 4.78 is 0.291. The zero-order valence-electron chi connectivity index (χ0n) is 14.7. The van der Waals surface area contributed by atoms with Gasteiger partial charge in [-0.3, -0.25) is 0 Å². The van der Waals surface area contributed by atoms with E-state index in [1.165, 1.54) is 17.7 Å². The minimum absolute atomic E-state index is 0. The van der Waals surface area contributed by atoms with Crippen LogP contribution in [0.3, 0.4) is 0 Å². The van der Waals surface area contributed by atoms with E-state index in [-0.39, 0.29) is 24.0 Å². The van der Waals surface area contributed by atoms with Crippen LogP contribution in [-0.2, 0) is 6.54 Å². The summed E-state index contributed by atoms with van der Waals surface area (Å²) >= 11 is 7.79. The molecule has 0 aliphatic heterocycles. The molecule has 2 N–H and O–H groups in total. The maximum Gasteiger partial charge on any atom is 0.191 e. The monoisotopic (exact) mass is 502 g/mol. The van der Waals surface area contributed by atoms with Gasteiger partial charge in [0.05, 0.1) is 6.54 Å². The molecule has 1 fully saturated rings. The van der Waals surface area contributed by atoms with E-state index >= 15 is 0 Å². The summed E-state index contributed by atoms with van der Waals surface area (Å²) in [5.41, 5.74) is 1.04. The third kappa shape index (κ3) is 6.63. The van der Waals surface area contributed by atoms with Gasteiger partial charge in [-0.05, 0) is 43.5 Å². The normalized spacial score (nSPS) is 15.1. The molecule has 0 radical (unpaired) electrons. The fraction of sp³-hybridized carbons (Fsp3) is 0.368. The molecule has 7 heteroatoms. The largest absolute Gasteiger partial charge is 0.357 e. The minimum Gasteiger partial charge on any atom is -0.357 e. The standard InChI is InChI=1S/C19H23ClN4S.HI/c1-2-21-18(23-13-15-8-9-17(20)22-12-15)24-14-19(10-11-19)25-16-6-4-3-5-7-16;/h3-9,12H,2,10-11,13-14H2,1H3,(H2,21,23,24);1H. The summed E-state index contributed by atoms with van der Waals surface area (Å²) in [6, 6.07) is 14.4. The molecule has 140 valence electrons. The zero-order valence-corrected chi connectivity index (χ0v) is 18.6. The molecule has 0 bridgehead atoms.